The molecule has 1 heterocycles. The molecule has 19 heavy (non-hydrogen) atoms. The molecular formula is C15H26N2O2. The fourth-order valence-corrected chi connectivity index (χ4v) is 3.35. The number of ether oxygens (including phenoxy) is 1. The first-order valence-electron chi connectivity index (χ1n) is 7.90. The van der Waals surface area contributed by atoms with E-state index in [1.807, 2.05) is 0 Å². The van der Waals surface area contributed by atoms with Crippen molar-refractivity contribution in [3.05, 3.63) is 0 Å². The zero-order chi connectivity index (χ0) is 13.2. The maximum Gasteiger partial charge on any atom is 0.225 e. The molecule has 108 valence electrons. The molecule has 0 aromatic heterocycles. The lowest BCUT2D eigenvalue weighted by molar-refractivity contribution is -0.135. The molecule has 2 N–H and O–H groups in total. The van der Waals surface area contributed by atoms with Gasteiger partial charge in [0.05, 0.1) is 6.10 Å². The highest BCUT2D eigenvalue weighted by Crippen LogP contribution is 2.55. The summed E-state index contributed by atoms with van der Waals surface area (Å²) >= 11 is 0. The molecule has 3 aliphatic rings. The van der Waals surface area contributed by atoms with Crippen LogP contribution in [0.3, 0.4) is 0 Å². The third kappa shape index (κ3) is 3.29. The average Bonchev–Trinajstić information content (AvgIpc) is 3.29. The Bertz CT molecular complexity index is 322. The SMILES string of the molecule is NCCCOC1CCN(C(=O)[C@@H]2C[C@H]2C2CC2)CC1. The lowest BCUT2D eigenvalue weighted by Gasteiger charge is -2.32. The second kappa shape index (κ2) is 5.80. The van der Waals surface area contributed by atoms with Crippen LogP contribution in [0.1, 0.15) is 38.5 Å². The van der Waals surface area contributed by atoms with Crippen LogP contribution in [0.5, 0.6) is 0 Å². The van der Waals surface area contributed by atoms with Crippen LogP contribution >= 0.6 is 0 Å². The summed E-state index contributed by atoms with van der Waals surface area (Å²) in [6.07, 6.45) is 7.17. The van der Waals surface area contributed by atoms with Gasteiger partial charge in [0.25, 0.3) is 0 Å². The summed E-state index contributed by atoms with van der Waals surface area (Å²) in [6, 6.07) is 0. The molecule has 2 atom stereocenters. The third-order valence-electron chi connectivity index (χ3n) is 4.84. The summed E-state index contributed by atoms with van der Waals surface area (Å²) in [7, 11) is 0. The molecular weight excluding hydrogens is 240 g/mol. The molecule has 0 aromatic rings. The first kappa shape index (κ1) is 13.4. The van der Waals surface area contributed by atoms with Gasteiger partial charge in [-0.25, -0.2) is 0 Å². The van der Waals surface area contributed by atoms with Crippen molar-refractivity contribution < 1.29 is 9.53 Å². The Kier molecular flexibility index (Phi) is 4.08. The molecule has 3 rings (SSSR count). The van der Waals surface area contributed by atoms with E-state index in [2.05, 4.69) is 4.90 Å². The highest BCUT2D eigenvalue weighted by atomic mass is 16.5. The average molecular weight is 266 g/mol. The minimum absolute atomic E-state index is 0.342. The van der Waals surface area contributed by atoms with Crippen molar-refractivity contribution in [3.8, 4) is 0 Å². The van der Waals surface area contributed by atoms with Gasteiger partial charge in [-0.1, -0.05) is 0 Å². The van der Waals surface area contributed by atoms with Crippen molar-refractivity contribution in [2.45, 2.75) is 44.6 Å². The standard InChI is InChI=1S/C15H26N2O2/c16-6-1-9-19-12-4-7-17(8-5-12)15(18)14-10-13(14)11-2-3-11/h11-14H,1-10,16H2/t13-,14+/m0/s1. The summed E-state index contributed by atoms with van der Waals surface area (Å²) in [5, 5.41) is 0. The van der Waals surface area contributed by atoms with Crippen LogP contribution in [-0.2, 0) is 9.53 Å². The summed E-state index contributed by atoms with van der Waals surface area (Å²) in [5.74, 6) is 2.44. The summed E-state index contributed by atoms with van der Waals surface area (Å²) < 4.78 is 5.78. The molecule has 4 nitrogen and oxygen atoms in total. The third-order valence-corrected chi connectivity index (χ3v) is 4.84. The van der Waals surface area contributed by atoms with Crippen LogP contribution in [0.2, 0.25) is 0 Å². The zero-order valence-electron chi connectivity index (χ0n) is 11.7. The van der Waals surface area contributed by atoms with Gasteiger partial charge >= 0.3 is 0 Å². The fraction of sp³-hybridized carbons (Fsp3) is 0.933. The van der Waals surface area contributed by atoms with E-state index in [1.54, 1.807) is 0 Å². The van der Waals surface area contributed by atoms with Crippen LogP contribution in [0.15, 0.2) is 0 Å². The Morgan fingerprint density at radius 3 is 2.58 bits per heavy atom. The van der Waals surface area contributed by atoms with Crippen LogP contribution in [0.25, 0.3) is 0 Å². The smallest absolute Gasteiger partial charge is 0.225 e. The predicted molar refractivity (Wildman–Crippen MR) is 73.5 cm³/mol. The molecule has 2 aliphatic carbocycles. The van der Waals surface area contributed by atoms with Crippen molar-refractivity contribution in [2.24, 2.45) is 23.5 Å². The van der Waals surface area contributed by atoms with E-state index in [0.29, 0.717) is 24.5 Å². The number of hydrogen-bond acceptors (Lipinski definition) is 3. The van der Waals surface area contributed by atoms with E-state index in [1.165, 1.54) is 12.8 Å². The van der Waals surface area contributed by atoms with E-state index in [0.717, 1.165) is 57.2 Å². The van der Waals surface area contributed by atoms with E-state index >= 15 is 0 Å². The molecule has 3 fully saturated rings. The number of rotatable bonds is 6. The van der Waals surface area contributed by atoms with Gasteiger partial charge in [-0.15, -0.1) is 0 Å². The minimum atomic E-state index is 0.342. The first-order chi connectivity index (χ1) is 9.29. The van der Waals surface area contributed by atoms with E-state index in [-0.39, 0.29) is 0 Å². The van der Waals surface area contributed by atoms with Gasteiger partial charge in [-0.2, -0.15) is 0 Å². The van der Waals surface area contributed by atoms with E-state index in [9.17, 15) is 4.79 Å². The fourth-order valence-electron chi connectivity index (χ4n) is 3.35. The van der Waals surface area contributed by atoms with Crippen molar-refractivity contribution in [3.63, 3.8) is 0 Å². The molecule has 0 aromatic carbocycles. The minimum Gasteiger partial charge on any atom is -0.378 e. The summed E-state index contributed by atoms with van der Waals surface area (Å²) in [5.41, 5.74) is 5.46. The monoisotopic (exact) mass is 266 g/mol. The molecule has 0 spiro atoms. The molecule has 0 radical (unpaired) electrons. The number of nitrogens with two attached hydrogens (primary N) is 1. The molecule has 1 aliphatic heterocycles. The van der Waals surface area contributed by atoms with E-state index < -0.39 is 0 Å². The van der Waals surface area contributed by atoms with Crippen molar-refractivity contribution >= 4 is 5.91 Å². The molecule has 0 bridgehead atoms. The number of piperidine rings is 1. The largest absolute Gasteiger partial charge is 0.378 e. The predicted octanol–water partition coefficient (Wildman–Crippen LogP) is 1.39. The second-order valence-electron chi connectivity index (χ2n) is 6.38. The highest BCUT2D eigenvalue weighted by Gasteiger charge is 2.52. The lowest BCUT2D eigenvalue weighted by Crippen LogP contribution is -2.42. The van der Waals surface area contributed by atoms with Crippen molar-refractivity contribution in [1.29, 1.82) is 0 Å². The Hall–Kier alpha value is -0.610. The second-order valence-corrected chi connectivity index (χ2v) is 6.38. The number of amides is 1. The number of carbonyl (C=O) groups excluding carboxylic acids is 1. The quantitative estimate of drug-likeness (QED) is 0.739. The van der Waals surface area contributed by atoms with Gasteiger partial charge in [-0.3, -0.25) is 4.79 Å². The Balaban J connectivity index is 1.36. The Labute approximate surface area is 115 Å². The van der Waals surface area contributed by atoms with Crippen LogP contribution in [0.4, 0.5) is 0 Å². The van der Waals surface area contributed by atoms with Crippen molar-refractivity contribution in [2.75, 3.05) is 26.2 Å². The van der Waals surface area contributed by atoms with Crippen LogP contribution in [0, 0.1) is 17.8 Å². The van der Waals surface area contributed by atoms with Crippen LogP contribution in [-0.4, -0.2) is 43.2 Å². The topological polar surface area (TPSA) is 55.6 Å². The van der Waals surface area contributed by atoms with Gasteiger partial charge in [0.2, 0.25) is 5.91 Å². The van der Waals surface area contributed by atoms with E-state index in [4.69, 9.17) is 10.5 Å². The maximum absolute atomic E-state index is 12.3. The number of nitrogens with zero attached hydrogens (tertiary/aromatic N) is 1. The van der Waals surface area contributed by atoms with Gasteiger partial charge in [0.1, 0.15) is 0 Å². The van der Waals surface area contributed by atoms with Crippen LogP contribution < -0.4 is 5.73 Å². The number of hydrogen-bond donors (Lipinski definition) is 1. The van der Waals surface area contributed by atoms with Gasteiger partial charge in [-0.05, 0) is 56.9 Å². The maximum atomic E-state index is 12.3. The zero-order valence-corrected chi connectivity index (χ0v) is 11.7. The molecule has 1 amide bonds. The summed E-state index contributed by atoms with van der Waals surface area (Å²) in [4.78, 5) is 14.4. The van der Waals surface area contributed by atoms with Gasteiger partial charge in [0, 0.05) is 25.6 Å². The summed E-state index contributed by atoms with van der Waals surface area (Å²) in [6.45, 7) is 3.24. The number of likely N-dealkylation sites (tertiary alicyclic amines) is 1. The Morgan fingerprint density at radius 1 is 1.21 bits per heavy atom. The highest BCUT2D eigenvalue weighted by molar-refractivity contribution is 5.81. The number of carbonyl (C=O) groups is 1. The molecule has 0 unspecified atom stereocenters. The molecule has 4 heteroatoms. The molecule has 1 saturated heterocycles. The van der Waals surface area contributed by atoms with Crippen molar-refractivity contribution in [1.82, 2.24) is 4.90 Å². The molecule has 2 saturated carbocycles. The Morgan fingerprint density at radius 2 is 1.95 bits per heavy atom. The lowest BCUT2D eigenvalue weighted by atomic mass is 10.1. The normalized spacial score (nSPS) is 31.5. The van der Waals surface area contributed by atoms with Gasteiger partial charge < -0.3 is 15.4 Å². The van der Waals surface area contributed by atoms with Gasteiger partial charge in [0.15, 0.2) is 0 Å². The first-order valence-corrected chi connectivity index (χ1v) is 7.90.